The number of oxazole rings is 1. The van der Waals surface area contributed by atoms with Crippen LogP contribution in [0.4, 0.5) is 0 Å². The van der Waals surface area contributed by atoms with Gasteiger partial charge in [0.1, 0.15) is 11.5 Å². The van der Waals surface area contributed by atoms with Crippen molar-refractivity contribution in [1.29, 1.82) is 0 Å². The molecule has 0 amide bonds. The topological polar surface area (TPSA) is 73.8 Å². The lowest BCUT2D eigenvalue weighted by Gasteiger charge is -2.32. The number of benzene rings is 1. The average Bonchev–Trinajstić information content (AvgIpc) is 2.97. The quantitative estimate of drug-likeness (QED) is 0.855. The van der Waals surface area contributed by atoms with E-state index >= 15 is 0 Å². The van der Waals surface area contributed by atoms with E-state index in [-0.39, 0.29) is 6.10 Å². The van der Waals surface area contributed by atoms with Gasteiger partial charge in [-0.1, -0.05) is 0 Å². The number of aryl methyl sites for hydroxylation is 3. The molecule has 1 aromatic heterocycles. The Hall–Kier alpha value is -1.89. The summed E-state index contributed by atoms with van der Waals surface area (Å²) in [5.74, 6) is 2.43. The first kappa shape index (κ1) is 18.9. The summed E-state index contributed by atoms with van der Waals surface area (Å²) in [6.45, 7) is 10.0. The highest BCUT2D eigenvalue weighted by atomic mass is 16.5. The molecule has 1 fully saturated rings. The summed E-state index contributed by atoms with van der Waals surface area (Å²) in [5, 5.41) is 0. The Morgan fingerprint density at radius 2 is 2.08 bits per heavy atom. The molecule has 2 heterocycles. The number of aromatic nitrogens is 1. The van der Waals surface area contributed by atoms with Gasteiger partial charge in [-0.3, -0.25) is 4.90 Å². The van der Waals surface area contributed by atoms with Crippen LogP contribution in [0.3, 0.4) is 0 Å². The van der Waals surface area contributed by atoms with E-state index in [0.717, 1.165) is 66.6 Å². The van der Waals surface area contributed by atoms with Crippen LogP contribution in [0.25, 0.3) is 11.5 Å². The van der Waals surface area contributed by atoms with Crippen molar-refractivity contribution in [3.8, 4) is 17.2 Å². The van der Waals surface area contributed by atoms with Crippen molar-refractivity contribution in [2.75, 3.05) is 33.4 Å². The zero-order valence-electron chi connectivity index (χ0n) is 16.2. The fourth-order valence-electron chi connectivity index (χ4n) is 3.43. The highest BCUT2D eigenvalue weighted by Gasteiger charge is 2.22. The van der Waals surface area contributed by atoms with Gasteiger partial charge in [-0.2, -0.15) is 0 Å². The van der Waals surface area contributed by atoms with Gasteiger partial charge in [-0.05, 0) is 57.0 Å². The number of ether oxygens (including phenoxy) is 2. The van der Waals surface area contributed by atoms with Gasteiger partial charge in [-0.15, -0.1) is 0 Å². The molecule has 1 aromatic carbocycles. The van der Waals surface area contributed by atoms with Crippen LogP contribution >= 0.6 is 0 Å². The van der Waals surface area contributed by atoms with Crippen LogP contribution in [-0.4, -0.2) is 49.3 Å². The minimum Gasteiger partial charge on any atom is -0.496 e. The van der Waals surface area contributed by atoms with Crippen LogP contribution < -0.4 is 10.5 Å². The summed E-state index contributed by atoms with van der Waals surface area (Å²) in [7, 11) is 1.69. The largest absolute Gasteiger partial charge is 0.496 e. The lowest BCUT2D eigenvalue weighted by Crippen LogP contribution is -2.42. The maximum Gasteiger partial charge on any atom is 0.226 e. The lowest BCUT2D eigenvalue weighted by atomic mass is 10.0. The molecule has 3 rings (SSSR count). The number of rotatable bonds is 6. The van der Waals surface area contributed by atoms with Gasteiger partial charge in [0.05, 0.1) is 25.5 Å². The molecular formula is C20H29N3O3. The molecule has 6 nitrogen and oxygen atoms in total. The van der Waals surface area contributed by atoms with Crippen molar-refractivity contribution in [3.05, 3.63) is 34.7 Å². The third kappa shape index (κ3) is 4.09. The summed E-state index contributed by atoms with van der Waals surface area (Å²) in [4.78, 5) is 7.15. The molecule has 142 valence electrons. The second-order valence-corrected chi connectivity index (χ2v) is 6.96. The molecule has 1 saturated heterocycles. The summed E-state index contributed by atoms with van der Waals surface area (Å²) < 4.78 is 17.2. The third-order valence-electron chi connectivity index (χ3n) is 4.95. The standard InChI is InChI=1S/C20H29N3O3/c1-13-10-19(24-4)14(2)9-17(13)20-22-18(15(3)26-20)12-23-7-8-25-16(11-23)5-6-21/h9-10,16H,5-8,11-12,21H2,1-4H3/t16-/m0/s1. The van der Waals surface area contributed by atoms with Crippen LogP contribution in [0.5, 0.6) is 5.75 Å². The van der Waals surface area contributed by atoms with E-state index in [4.69, 9.17) is 24.6 Å². The number of hydrogen-bond donors (Lipinski definition) is 1. The molecule has 1 atom stereocenters. The van der Waals surface area contributed by atoms with Gasteiger partial charge in [0, 0.05) is 25.2 Å². The monoisotopic (exact) mass is 359 g/mol. The van der Waals surface area contributed by atoms with Gasteiger partial charge >= 0.3 is 0 Å². The maximum absolute atomic E-state index is 6.00. The SMILES string of the molecule is COc1cc(C)c(-c2nc(CN3CCO[C@@H](CCN)C3)c(C)o2)cc1C. The number of morpholine rings is 1. The van der Waals surface area contributed by atoms with Crippen molar-refractivity contribution in [3.63, 3.8) is 0 Å². The van der Waals surface area contributed by atoms with E-state index in [9.17, 15) is 0 Å². The van der Waals surface area contributed by atoms with Gasteiger partial charge < -0.3 is 19.6 Å². The zero-order valence-corrected chi connectivity index (χ0v) is 16.2. The predicted molar refractivity (Wildman–Crippen MR) is 101 cm³/mol. The molecule has 0 spiro atoms. The first-order valence-electron chi connectivity index (χ1n) is 9.17. The van der Waals surface area contributed by atoms with Crippen molar-refractivity contribution < 1.29 is 13.9 Å². The van der Waals surface area contributed by atoms with E-state index < -0.39 is 0 Å². The first-order valence-corrected chi connectivity index (χ1v) is 9.17. The van der Waals surface area contributed by atoms with E-state index in [2.05, 4.69) is 17.9 Å². The molecule has 1 aliphatic heterocycles. The maximum atomic E-state index is 6.00. The zero-order chi connectivity index (χ0) is 18.7. The first-order chi connectivity index (χ1) is 12.5. The molecule has 2 aromatic rings. The number of methoxy groups -OCH3 is 1. The summed E-state index contributed by atoms with van der Waals surface area (Å²) in [6.07, 6.45) is 1.11. The van der Waals surface area contributed by atoms with Gasteiger partial charge in [-0.25, -0.2) is 4.98 Å². The third-order valence-corrected chi connectivity index (χ3v) is 4.95. The van der Waals surface area contributed by atoms with Crippen LogP contribution in [0.1, 0.15) is 29.0 Å². The molecular weight excluding hydrogens is 330 g/mol. The van der Waals surface area contributed by atoms with Crippen LogP contribution in [0.2, 0.25) is 0 Å². The molecule has 0 unspecified atom stereocenters. The average molecular weight is 359 g/mol. The molecule has 1 aliphatic rings. The van der Waals surface area contributed by atoms with E-state index in [1.807, 2.05) is 19.9 Å². The summed E-state index contributed by atoms with van der Waals surface area (Å²) in [5.41, 5.74) is 9.83. The minimum atomic E-state index is 0.215. The molecule has 2 N–H and O–H groups in total. The number of hydrogen-bond acceptors (Lipinski definition) is 6. The van der Waals surface area contributed by atoms with Gasteiger partial charge in [0.25, 0.3) is 0 Å². The molecule has 0 saturated carbocycles. The lowest BCUT2D eigenvalue weighted by molar-refractivity contribution is -0.0339. The Bertz CT molecular complexity index is 755. The fourth-order valence-corrected chi connectivity index (χ4v) is 3.43. The Labute approximate surface area is 155 Å². The van der Waals surface area contributed by atoms with Crippen LogP contribution in [0.15, 0.2) is 16.5 Å². The van der Waals surface area contributed by atoms with Crippen molar-refractivity contribution in [2.24, 2.45) is 5.73 Å². The highest BCUT2D eigenvalue weighted by Crippen LogP contribution is 2.31. The normalized spacial score (nSPS) is 18.3. The molecule has 0 radical (unpaired) electrons. The fraction of sp³-hybridized carbons (Fsp3) is 0.550. The molecule has 0 aliphatic carbocycles. The minimum absolute atomic E-state index is 0.215. The highest BCUT2D eigenvalue weighted by molar-refractivity contribution is 5.62. The van der Waals surface area contributed by atoms with Crippen LogP contribution in [0, 0.1) is 20.8 Å². The Kier molecular flexibility index (Phi) is 5.96. The summed E-state index contributed by atoms with van der Waals surface area (Å²) >= 11 is 0. The van der Waals surface area contributed by atoms with Crippen molar-refractivity contribution in [2.45, 2.75) is 39.8 Å². The second-order valence-electron chi connectivity index (χ2n) is 6.96. The Morgan fingerprint density at radius 3 is 2.81 bits per heavy atom. The smallest absolute Gasteiger partial charge is 0.226 e. The Morgan fingerprint density at radius 1 is 1.27 bits per heavy atom. The van der Waals surface area contributed by atoms with Crippen molar-refractivity contribution >= 4 is 0 Å². The van der Waals surface area contributed by atoms with Crippen LogP contribution in [-0.2, 0) is 11.3 Å². The van der Waals surface area contributed by atoms with E-state index in [0.29, 0.717) is 12.4 Å². The van der Waals surface area contributed by atoms with Gasteiger partial charge in [0.2, 0.25) is 5.89 Å². The second kappa shape index (κ2) is 8.20. The van der Waals surface area contributed by atoms with E-state index in [1.165, 1.54) is 0 Å². The number of nitrogens with zero attached hydrogens (tertiary/aromatic N) is 2. The predicted octanol–water partition coefficient (Wildman–Crippen LogP) is 2.83. The molecule has 6 heteroatoms. The number of nitrogens with two attached hydrogens (primary N) is 1. The van der Waals surface area contributed by atoms with E-state index in [1.54, 1.807) is 7.11 Å². The molecule has 0 bridgehead atoms. The van der Waals surface area contributed by atoms with Crippen molar-refractivity contribution in [1.82, 2.24) is 9.88 Å². The summed E-state index contributed by atoms with van der Waals surface area (Å²) in [6, 6.07) is 4.11. The van der Waals surface area contributed by atoms with Gasteiger partial charge in [0.15, 0.2) is 0 Å². The Balaban J connectivity index is 1.78. The molecule has 26 heavy (non-hydrogen) atoms.